The standard InChI is InChI=1S/C16H20F2O11S2/c1-15(2,23)8-7-11-9(29-13(7)21)10(12(8)30-11)27-5(19)3-4-6(20)28-14(22)16(17,18)31(24,25)26/h7-12,14,22-23H,3-4H2,1-2H3,(H,24,25,26)/t7?,8-,9?,10?,11?,12?,14?/m1/s1. The van der Waals surface area contributed by atoms with Crippen LogP contribution in [0.15, 0.2) is 0 Å². The molecule has 3 fully saturated rings. The molecule has 176 valence electrons. The Morgan fingerprint density at radius 1 is 1.23 bits per heavy atom. The minimum atomic E-state index is -6.04. The fourth-order valence-corrected chi connectivity index (χ4v) is 6.61. The van der Waals surface area contributed by atoms with E-state index in [9.17, 15) is 36.7 Å². The summed E-state index contributed by atoms with van der Waals surface area (Å²) in [5.41, 5.74) is -1.26. The number of hydrogen-bond acceptors (Lipinski definition) is 11. The van der Waals surface area contributed by atoms with Gasteiger partial charge in [0.25, 0.3) is 6.29 Å². The normalized spacial score (nSPS) is 33.2. The van der Waals surface area contributed by atoms with Crippen LogP contribution >= 0.6 is 11.8 Å². The molecule has 0 aromatic rings. The average Bonchev–Trinajstić information content (AvgIpc) is 3.21. The van der Waals surface area contributed by atoms with Crippen molar-refractivity contribution in [1.29, 1.82) is 0 Å². The third-order valence-electron chi connectivity index (χ3n) is 5.40. The van der Waals surface area contributed by atoms with Crippen LogP contribution in [0.5, 0.6) is 0 Å². The summed E-state index contributed by atoms with van der Waals surface area (Å²) in [6.07, 6.45) is -6.58. The second-order valence-corrected chi connectivity index (χ2v) is 10.9. The predicted octanol–water partition coefficient (Wildman–Crippen LogP) is -0.553. The number of hydrogen-bond donors (Lipinski definition) is 3. The molecule has 3 aliphatic heterocycles. The van der Waals surface area contributed by atoms with Crippen molar-refractivity contribution < 1.29 is 60.6 Å². The first-order valence-corrected chi connectivity index (χ1v) is 11.4. The lowest BCUT2D eigenvalue weighted by Gasteiger charge is -2.36. The largest absolute Gasteiger partial charge is 0.457 e. The van der Waals surface area contributed by atoms with Gasteiger partial charge < -0.3 is 24.4 Å². The Morgan fingerprint density at radius 3 is 2.35 bits per heavy atom. The van der Waals surface area contributed by atoms with E-state index < -0.39 is 87.3 Å². The van der Waals surface area contributed by atoms with Gasteiger partial charge in [-0.1, -0.05) is 0 Å². The van der Waals surface area contributed by atoms with E-state index in [4.69, 9.17) is 19.1 Å². The highest BCUT2D eigenvalue weighted by Crippen LogP contribution is 2.61. The number of carbonyl (C=O) groups excluding carboxylic acids is 3. The Labute approximate surface area is 179 Å². The molecule has 0 radical (unpaired) electrons. The van der Waals surface area contributed by atoms with Crippen LogP contribution in [0.3, 0.4) is 0 Å². The van der Waals surface area contributed by atoms with Crippen molar-refractivity contribution in [1.82, 2.24) is 0 Å². The fraction of sp³-hybridized carbons (Fsp3) is 0.812. The van der Waals surface area contributed by atoms with Gasteiger partial charge in [0, 0.05) is 5.92 Å². The molecular formula is C16H20F2O11S2. The lowest BCUT2D eigenvalue weighted by molar-refractivity contribution is -0.205. The summed E-state index contributed by atoms with van der Waals surface area (Å²) in [6.45, 7) is 3.06. The van der Waals surface area contributed by atoms with E-state index in [1.807, 2.05) is 0 Å². The van der Waals surface area contributed by atoms with Crippen LogP contribution in [0.2, 0.25) is 0 Å². The summed E-state index contributed by atoms with van der Waals surface area (Å²) in [6, 6.07) is 0. The number of halogens is 2. The number of thioether (sulfide) groups is 1. The number of esters is 3. The van der Waals surface area contributed by atoms with Crippen LogP contribution in [0.4, 0.5) is 8.78 Å². The molecule has 3 N–H and O–H groups in total. The molecule has 2 bridgehead atoms. The zero-order valence-corrected chi connectivity index (χ0v) is 17.8. The van der Waals surface area contributed by atoms with Crippen LogP contribution in [-0.2, 0) is 38.7 Å². The zero-order valence-electron chi connectivity index (χ0n) is 16.1. The van der Waals surface area contributed by atoms with Gasteiger partial charge in [-0.3, -0.25) is 18.9 Å². The second kappa shape index (κ2) is 7.79. The Balaban J connectivity index is 1.56. The Bertz CT molecular complexity index is 884. The van der Waals surface area contributed by atoms with Gasteiger partial charge in [0.05, 0.1) is 34.9 Å². The van der Waals surface area contributed by atoms with Crippen molar-refractivity contribution >= 4 is 39.8 Å². The second-order valence-electron chi connectivity index (χ2n) is 8.01. The van der Waals surface area contributed by atoms with Crippen LogP contribution in [-0.4, -0.2) is 80.9 Å². The van der Waals surface area contributed by atoms with Crippen LogP contribution in [0.1, 0.15) is 26.7 Å². The van der Waals surface area contributed by atoms with Gasteiger partial charge >= 0.3 is 33.3 Å². The van der Waals surface area contributed by atoms with Gasteiger partial charge in [-0.15, -0.1) is 11.8 Å². The minimum Gasteiger partial charge on any atom is -0.457 e. The summed E-state index contributed by atoms with van der Waals surface area (Å²) in [7, 11) is -6.04. The van der Waals surface area contributed by atoms with Crippen LogP contribution in [0, 0.1) is 11.8 Å². The van der Waals surface area contributed by atoms with Crippen molar-refractivity contribution in [3.63, 3.8) is 0 Å². The first-order valence-electron chi connectivity index (χ1n) is 9.06. The number of fused-ring (bicyclic) bond motifs is 1. The van der Waals surface area contributed by atoms with Gasteiger partial charge in [-0.05, 0) is 13.8 Å². The molecule has 3 heterocycles. The van der Waals surface area contributed by atoms with Gasteiger partial charge in [-0.25, -0.2) is 0 Å². The van der Waals surface area contributed by atoms with E-state index in [2.05, 4.69) is 4.74 Å². The molecular weight excluding hydrogens is 470 g/mol. The van der Waals surface area contributed by atoms with Crippen molar-refractivity contribution in [3.8, 4) is 0 Å². The molecule has 0 aliphatic carbocycles. The first kappa shape index (κ1) is 24.1. The number of carbonyl (C=O) groups is 3. The van der Waals surface area contributed by atoms with Gasteiger partial charge in [0.1, 0.15) is 0 Å². The summed E-state index contributed by atoms with van der Waals surface area (Å²) in [5.74, 6) is -4.06. The molecule has 7 atom stereocenters. The molecule has 3 aliphatic rings. The van der Waals surface area contributed by atoms with Crippen LogP contribution < -0.4 is 0 Å². The summed E-state index contributed by atoms with van der Waals surface area (Å²) in [4.78, 5) is 35.8. The van der Waals surface area contributed by atoms with E-state index in [0.717, 1.165) is 0 Å². The topological polar surface area (TPSA) is 174 Å². The number of alkyl halides is 2. The van der Waals surface area contributed by atoms with Gasteiger partial charge in [0.2, 0.25) is 0 Å². The summed E-state index contributed by atoms with van der Waals surface area (Å²) in [5, 5.41) is 13.6. The molecule has 15 heteroatoms. The molecule has 0 saturated carbocycles. The maximum absolute atomic E-state index is 13.2. The third-order valence-corrected chi connectivity index (χ3v) is 8.04. The third kappa shape index (κ3) is 4.25. The molecule has 11 nitrogen and oxygen atoms in total. The fourth-order valence-electron chi connectivity index (χ4n) is 4.09. The average molecular weight is 490 g/mol. The molecule has 31 heavy (non-hydrogen) atoms. The smallest absolute Gasteiger partial charge is 0.430 e. The van der Waals surface area contributed by atoms with Crippen LogP contribution in [0.25, 0.3) is 0 Å². The van der Waals surface area contributed by atoms with Crippen molar-refractivity contribution in [2.75, 3.05) is 0 Å². The number of rotatable bonds is 8. The predicted molar refractivity (Wildman–Crippen MR) is 96.0 cm³/mol. The summed E-state index contributed by atoms with van der Waals surface area (Å²) >= 11 is 1.37. The number of aliphatic hydroxyl groups is 2. The lowest BCUT2D eigenvalue weighted by Crippen LogP contribution is -2.51. The molecule has 3 saturated heterocycles. The molecule has 0 aromatic carbocycles. The summed E-state index contributed by atoms with van der Waals surface area (Å²) < 4.78 is 70.2. The highest BCUT2D eigenvalue weighted by Gasteiger charge is 2.71. The van der Waals surface area contributed by atoms with E-state index in [1.165, 1.54) is 25.6 Å². The van der Waals surface area contributed by atoms with Gasteiger partial charge in [0.15, 0.2) is 12.2 Å². The van der Waals surface area contributed by atoms with E-state index >= 15 is 0 Å². The number of ether oxygens (including phenoxy) is 3. The first-order chi connectivity index (χ1) is 14.1. The number of aliphatic hydroxyl groups excluding tert-OH is 1. The Kier molecular flexibility index (Phi) is 6.06. The maximum atomic E-state index is 13.2. The van der Waals surface area contributed by atoms with Crippen molar-refractivity contribution in [3.05, 3.63) is 0 Å². The van der Waals surface area contributed by atoms with Crippen molar-refractivity contribution in [2.24, 2.45) is 11.8 Å². The molecule has 0 aromatic heterocycles. The van der Waals surface area contributed by atoms with E-state index in [1.54, 1.807) is 0 Å². The van der Waals surface area contributed by atoms with Crippen molar-refractivity contribution in [2.45, 2.75) is 66.5 Å². The molecule has 0 amide bonds. The maximum Gasteiger partial charge on any atom is 0.430 e. The Morgan fingerprint density at radius 2 is 1.81 bits per heavy atom. The molecule has 0 spiro atoms. The monoisotopic (exact) mass is 490 g/mol. The molecule has 6 unspecified atom stereocenters. The minimum absolute atomic E-state index is 0.297. The van der Waals surface area contributed by atoms with E-state index in [0.29, 0.717) is 0 Å². The SMILES string of the molecule is CC(C)(O)[C@H]1C2SC3C(OC(=O)C31)C2OC(=O)CCC(=O)OC(O)C(F)(F)S(=O)(=O)O. The highest BCUT2D eigenvalue weighted by atomic mass is 32.2. The zero-order chi connectivity index (χ0) is 23.5. The quantitative estimate of drug-likeness (QED) is 0.172. The van der Waals surface area contributed by atoms with E-state index in [-0.39, 0.29) is 5.25 Å². The lowest BCUT2D eigenvalue weighted by atomic mass is 9.71. The Hall–Kier alpha value is -1.55. The van der Waals surface area contributed by atoms with Gasteiger partial charge in [-0.2, -0.15) is 17.2 Å². The highest BCUT2D eigenvalue weighted by molar-refractivity contribution is 8.01. The molecule has 3 rings (SSSR count).